The first kappa shape index (κ1) is 22.7. The molecule has 0 N–H and O–H groups in total. The quantitative estimate of drug-likeness (QED) is 0.347. The zero-order valence-corrected chi connectivity index (χ0v) is 18.4. The van der Waals surface area contributed by atoms with Crippen LogP contribution in [0.4, 0.5) is 15.2 Å². The summed E-state index contributed by atoms with van der Waals surface area (Å²) in [4.78, 5) is 13.1. The van der Waals surface area contributed by atoms with Gasteiger partial charge >= 0.3 is 0 Å². The molecule has 0 saturated heterocycles. The summed E-state index contributed by atoms with van der Waals surface area (Å²) in [6.07, 6.45) is 1.15. The van der Waals surface area contributed by atoms with Crippen molar-refractivity contribution in [2.24, 2.45) is 0 Å². The van der Waals surface area contributed by atoms with E-state index < -0.39 is 36.4 Å². The van der Waals surface area contributed by atoms with E-state index in [0.29, 0.717) is 29.2 Å². The number of ether oxygens (including phenoxy) is 2. The van der Waals surface area contributed by atoms with Crippen LogP contribution in [0.1, 0.15) is 5.56 Å². The summed E-state index contributed by atoms with van der Waals surface area (Å²) in [7, 11) is -1.72. The Kier molecular flexibility index (Phi) is 6.57. The van der Waals surface area contributed by atoms with E-state index in [-0.39, 0.29) is 11.7 Å². The van der Waals surface area contributed by atoms with Gasteiger partial charge in [0, 0.05) is 23.2 Å². The first-order valence-electron chi connectivity index (χ1n) is 8.32. The van der Waals surface area contributed by atoms with Gasteiger partial charge in [-0.3, -0.25) is 10.1 Å². The molecule has 14 heteroatoms. The summed E-state index contributed by atoms with van der Waals surface area (Å²) in [5.41, 5.74) is -0.326. The summed E-state index contributed by atoms with van der Waals surface area (Å²) in [5, 5.41) is 10.4. The van der Waals surface area contributed by atoms with Crippen molar-refractivity contribution >= 4 is 44.0 Å². The minimum Gasteiger partial charge on any atom is -0.497 e. The highest BCUT2D eigenvalue weighted by Gasteiger charge is 2.33. The molecule has 0 atom stereocenters. The molecule has 0 aliphatic carbocycles. The number of sulfonamides is 1. The predicted molar refractivity (Wildman–Crippen MR) is 111 cm³/mol. The highest BCUT2D eigenvalue weighted by atomic mass is 35.5. The third-order valence-corrected chi connectivity index (χ3v) is 7.00. The first-order valence-corrected chi connectivity index (χ1v) is 10.9. The Hall–Kier alpha value is -3.03. The van der Waals surface area contributed by atoms with Crippen molar-refractivity contribution in [2.75, 3.05) is 18.5 Å². The van der Waals surface area contributed by atoms with Crippen LogP contribution in [0, 0.1) is 15.9 Å². The number of hydrogen-bond acceptors (Lipinski definition) is 9. The molecule has 1 aromatic heterocycles. The van der Waals surface area contributed by atoms with Gasteiger partial charge < -0.3 is 9.47 Å². The molecule has 10 nitrogen and oxygen atoms in total. The zero-order valence-electron chi connectivity index (χ0n) is 16.0. The Morgan fingerprint density at radius 2 is 2.00 bits per heavy atom. The van der Waals surface area contributed by atoms with Gasteiger partial charge in [-0.15, -0.1) is 0 Å². The molecule has 2 aromatic carbocycles. The maximum atomic E-state index is 14.6. The number of methoxy groups -OCH3 is 2. The maximum absolute atomic E-state index is 14.6. The van der Waals surface area contributed by atoms with Gasteiger partial charge in [0.05, 0.1) is 31.8 Å². The number of aromatic nitrogens is 2. The van der Waals surface area contributed by atoms with Crippen LogP contribution in [0.3, 0.4) is 0 Å². The number of rotatable bonds is 8. The smallest absolute Gasteiger partial charge is 0.290 e. The lowest BCUT2D eigenvalue weighted by Gasteiger charge is -2.23. The Labute approximate surface area is 185 Å². The largest absolute Gasteiger partial charge is 0.497 e. The average Bonchev–Trinajstić information content (AvgIpc) is 3.27. The SMILES string of the molecule is COc1ccc(CN(c2ncns2)S(=O)(=O)c2cc(Cl)c([N+](=O)[O-])cc2F)c(OC)c1. The van der Waals surface area contributed by atoms with Crippen LogP contribution in [0.25, 0.3) is 0 Å². The minimum atomic E-state index is -4.59. The second-order valence-corrected chi connectivity index (χ2v) is 8.90. The molecule has 0 aliphatic heterocycles. The van der Waals surface area contributed by atoms with Gasteiger partial charge in [-0.05, 0) is 18.2 Å². The molecule has 0 aliphatic rings. The Morgan fingerprint density at radius 3 is 2.58 bits per heavy atom. The van der Waals surface area contributed by atoms with Gasteiger partial charge in [0.15, 0.2) is 5.82 Å². The third kappa shape index (κ3) is 4.52. The van der Waals surface area contributed by atoms with E-state index in [4.69, 9.17) is 21.1 Å². The number of hydrogen-bond donors (Lipinski definition) is 0. The van der Waals surface area contributed by atoms with Crippen molar-refractivity contribution in [1.82, 2.24) is 9.36 Å². The van der Waals surface area contributed by atoms with Gasteiger partial charge in [-0.25, -0.2) is 22.1 Å². The third-order valence-electron chi connectivity index (χ3n) is 4.14. The number of anilines is 1. The monoisotopic (exact) mass is 488 g/mol. The van der Waals surface area contributed by atoms with Crippen molar-refractivity contribution in [1.29, 1.82) is 0 Å². The topological polar surface area (TPSA) is 125 Å². The molecular formula is C17H14ClFN4O6S2. The van der Waals surface area contributed by atoms with Gasteiger partial charge in [0.25, 0.3) is 15.7 Å². The van der Waals surface area contributed by atoms with Gasteiger partial charge in [-0.2, -0.15) is 4.37 Å². The lowest BCUT2D eigenvalue weighted by molar-refractivity contribution is -0.384. The van der Waals surface area contributed by atoms with Crippen molar-refractivity contribution < 1.29 is 27.2 Å². The summed E-state index contributed by atoms with van der Waals surface area (Å²) >= 11 is 6.59. The van der Waals surface area contributed by atoms with E-state index in [0.717, 1.165) is 22.2 Å². The summed E-state index contributed by atoms with van der Waals surface area (Å²) in [6.45, 7) is -0.293. The molecule has 0 spiro atoms. The number of nitrogens with zero attached hydrogens (tertiary/aromatic N) is 4. The van der Waals surface area contributed by atoms with Crippen molar-refractivity contribution in [3.63, 3.8) is 0 Å². The van der Waals surface area contributed by atoms with E-state index in [1.807, 2.05) is 0 Å². The molecule has 0 amide bonds. The fourth-order valence-corrected chi connectivity index (χ4v) is 5.15. The Morgan fingerprint density at radius 1 is 1.26 bits per heavy atom. The van der Waals surface area contributed by atoms with Crippen LogP contribution in [0.15, 0.2) is 41.6 Å². The molecule has 3 rings (SSSR count). The second kappa shape index (κ2) is 8.99. The lowest BCUT2D eigenvalue weighted by atomic mass is 10.2. The maximum Gasteiger partial charge on any atom is 0.290 e. The summed E-state index contributed by atoms with van der Waals surface area (Å²) in [5.74, 6) is -0.516. The number of benzene rings is 2. The lowest BCUT2D eigenvalue weighted by Crippen LogP contribution is -2.31. The molecule has 0 bridgehead atoms. The van der Waals surface area contributed by atoms with E-state index in [1.54, 1.807) is 18.2 Å². The summed E-state index contributed by atoms with van der Waals surface area (Å²) in [6, 6.07) is 5.90. The van der Waals surface area contributed by atoms with Gasteiger partial charge in [0.1, 0.15) is 27.7 Å². The molecule has 0 unspecified atom stereocenters. The van der Waals surface area contributed by atoms with Crippen molar-refractivity contribution in [2.45, 2.75) is 11.4 Å². The Bertz CT molecular complexity index is 1220. The van der Waals surface area contributed by atoms with Crippen LogP contribution in [0.5, 0.6) is 11.5 Å². The predicted octanol–water partition coefficient (Wildman–Crippen LogP) is 3.65. The van der Waals surface area contributed by atoms with Gasteiger partial charge in [0.2, 0.25) is 5.13 Å². The van der Waals surface area contributed by atoms with Gasteiger partial charge in [-0.1, -0.05) is 11.6 Å². The van der Waals surface area contributed by atoms with Crippen LogP contribution >= 0.6 is 23.1 Å². The second-order valence-electron chi connectivity index (χ2n) is 5.90. The summed E-state index contributed by atoms with van der Waals surface area (Å²) < 4.78 is 56.4. The fraction of sp³-hybridized carbons (Fsp3) is 0.176. The average molecular weight is 489 g/mol. The molecule has 3 aromatic rings. The molecule has 31 heavy (non-hydrogen) atoms. The number of nitro groups is 1. The molecule has 0 fully saturated rings. The number of halogens is 2. The zero-order chi connectivity index (χ0) is 22.8. The number of nitro benzene ring substituents is 1. The van der Waals surface area contributed by atoms with Crippen LogP contribution in [-0.4, -0.2) is 36.9 Å². The van der Waals surface area contributed by atoms with E-state index in [1.165, 1.54) is 14.2 Å². The van der Waals surface area contributed by atoms with Crippen molar-refractivity contribution in [3.05, 3.63) is 63.2 Å². The molecule has 164 valence electrons. The van der Waals surface area contributed by atoms with E-state index in [2.05, 4.69) is 9.36 Å². The minimum absolute atomic E-state index is 0.0493. The van der Waals surface area contributed by atoms with E-state index >= 15 is 0 Å². The van der Waals surface area contributed by atoms with Crippen LogP contribution in [0.2, 0.25) is 5.02 Å². The van der Waals surface area contributed by atoms with E-state index in [9.17, 15) is 22.9 Å². The van der Waals surface area contributed by atoms with Crippen LogP contribution < -0.4 is 13.8 Å². The van der Waals surface area contributed by atoms with Crippen LogP contribution in [-0.2, 0) is 16.6 Å². The normalized spacial score (nSPS) is 11.2. The fourth-order valence-electron chi connectivity index (χ4n) is 2.64. The standard InChI is InChI=1S/C17H14ClFN4O6S2/c1-28-11-4-3-10(15(5-11)29-2)8-22(17-20-9-21-30-17)31(26,27)16-6-12(18)14(23(24)25)7-13(16)19/h3-7,9H,8H2,1-2H3. The molecule has 0 saturated carbocycles. The molecule has 1 heterocycles. The van der Waals surface area contributed by atoms with Crippen molar-refractivity contribution in [3.8, 4) is 11.5 Å². The first-order chi connectivity index (χ1) is 14.7. The highest BCUT2D eigenvalue weighted by molar-refractivity contribution is 7.93. The highest BCUT2D eigenvalue weighted by Crippen LogP contribution is 2.35. The molecular weight excluding hydrogens is 475 g/mol. The Balaban J connectivity index is 2.12. The molecule has 0 radical (unpaired) electrons.